The van der Waals surface area contributed by atoms with E-state index < -0.39 is 0 Å². The fourth-order valence-corrected chi connectivity index (χ4v) is 1.94. The Labute approximate surface area is 118 Å². The van der Waals surface area contributed by atoms with E-state index in [1.807, 2.05) is 19.9 Å². The number of hydrogen-bond donors (Lipinski definition) is 1. The van der Waals surface area contributed by atoms with E-state index in [4.69, 9.17) is 4.74 Å². The van der Waals surface area contributed by atoms with Crippen molar-refractivity contribution < 1.29 is 9.13 Å². The summed E-state index contributed by atoms with van der Waals surface area (Å²) in [4.78, 5) is 4.13. The Morgan fingerprint density at radius 3 is 2.85 bits per heavy atom. The molecule has 0 amide bonds. The largest absolute Gasteiger partial charge is 0.489 e. The van der Waals surface area contributed by atoms with Crippen molar-refractivity contribution in [2.45, 2.75) is 27.0 Å². The highest BCUT2D eigenvalue weighted by molar-refractivity contribution is 5.34. The van der Waals surface area contributed by atoms with Gasteiger partial charge in [0.1, 0.15) is 18.2 Å². The summed E-state index contributed by atoms with van der Waals surface area (Å²) >= 11 is 0. The topological polar surface area (TPSA) is 34.1 Å². The Hall–Kier alpha value is -1.94. The summed E-state index contributed by atoms with van der Waals surface area (Å²) in [5, 5.41) is 3.18. The van der Waals surface area contributed by atoms with Crippen LogP contribution in [0.25, 0.3) is 0 Å². The van der Waals surface area contributed by atoms with Gasteiger partial charge in [-0.15, -0.1) is 0 Å². The van der Waals surface area contributed by atoms with E-state index in [0.29, 0.717) is 18.9 Å². The van der Waals surface area contributed by atoms with Gasteiger partial charge in [-0.1, -0.05) is 6.92 Å². The molecule has 0 saturated heterocycles. The molecule has 0 saturated carbocycles. The fourth-order valence-electron chi connectivity index (χ4n) is 1.94. The predicted octanol–water partition coefficient (Wildman–Crippen LogP) is 3.22. The molecule has 1 N–H and O–H groups in total. The Kier molecular flexibility index (Phi) is 5.07. The molecule has 0 aliphatic carbocycles. The van der Waals surface area contributed by atoms with Gasteiger partial charge < -0.3 is 10.1 Å². The van der Waals surface area contributed by atoms with Crippen molar-refractivity contribution >= 4 is 0 Å². The molecule has 4 heteroatoms. The monoisotopic (exact) mass is 274 g/mol. The van der Waals surface area contributed by atoms with Gasteiger partial charge in [-0.05, 0) is 43.3 Å². The van der Waals surface area contributed by atoms with Gasteiger partial charge in [0.15, 0.2) is 0 Å². The van der Waals surface area contributed by atoms with Gasteiger partial charge in [-0.25, -0.2) is 4.39 Å². The molecule has 0 radical (unpaired) electrons. The first-order chi connectivity index (χ1) is 9.69. The summed E-state index contributed by atoms with van der Waals surface area (Å²) in [7, 11) is 0. The highest BCUT2D eigenvalue weighted by Gasteiger charge is 2.06. The molecule has 0 aliphatic rings. The summed E-state index contributed by atoms with van der Waals surface area (Å²) in [6.07, 6.45) is 3.58. The molecule has 0 aliphatic heterocycles. The molecule has 2 rings (SSSR count). The second-order valence-corrected chi connectivity index (χ2v) is 4.69. The number of pyridine rings is 1. The third-order valence-corrected chi connectivity index (χ3v) is 2.91. The molecule has 1 aromatic carbocycles. The fraction of sp³-hybridized carbons (Fsp3) is 0.312. The van der Waals surface area contributed by atoms with Gasteiger partial charge in [-0.3, -0.25) is 4.98 Å². The maximum absolute atomic E-state index is 13.3. The zero-order chi connectivity index (χ0) is 14.4. The lowest BCUT2D eigenvalue weighted by molar-refractivity contribution is 0.301. The van der Waals surface area contributed by atoms with Crippen LogP contribution in [0.4, 0.5) is 4.39 Å². The molecule has 3 nitrogen and oxygen atoms in total. The number of aromatic nitrogens is 1. The highest BCUT2D eigenvalue weighted by Crippen LogP contribution is 2.21. The maximum atomic E-state index is 13.3. The van der Waals surface area contributed by atoms with Crippen LogP contribution in [0, 0.1) is 12.7 Å². The first-order valence-corrected chi connectivity index (χ1v) is 6.71. The molecular formula is C16H19FN2O. The van der Waals surface area contributed by atoms with Crippen LogP contribution < -0.4 is 10.1 Å². The number of halogens is 1. The quantitative estimate of drug-likeness (QED) is 0.878. The Bertz CT molecular complexity index is 572. The number of hydrogen-bond acceptors (Lipinski definition) is 3. The highest BCUT2D eigenvalue weighted by atomic mass is 19.1. The molecular weight excluding hydrogens is 255 g/mol. The van der Waals surface area contributed by atoms with E-state index in [0.717, 1.165) is 23.2 Å². The third kappa shape index (κ3) is 4.03. The molecule has 1 heterocycles. The van der Waals surface area contributed by atoms with Crippen molar-refractivity contribution in [1.29, 1.82) is 0 Å². The first-order valence-electron chi connectivity index (χ1n) is 6.71. The summed E-state index contributed by atoms with van der Waals surface area (Å²) in [5.74, 6) is 0.455. The number of aryl methyl sites for hydroxylation is 1. The summed E-state index contributed by atoms with van der Waals surface area (Å²) in [6.45, 7) is 5.86. The molecule has 0 bridgehead atoms. The van der Waals surface area contributed by atoms with E-state index in [1.54, 1.807) is 18.5 Å². The van der Waals surface area contributed by atoms with Crippen molar-refractivity contribution in [3.05, 3.63) is 59.2 Å². The first kappa shape index (κ1) is 14.5. The minimum absolute atomic E-state index is 0.248. The summed E-state index contributed by atoms with van der Waals surface area (Å²) in [6, 6.07) is 6.62. The van der Waals surface area contributed by atoms with Crippen LogP contribution in [0.15, 0.2) is 36.7 Å². The average molecular weight is 274 g/mol. The SMILES string of the molecule is CCNCc1cc(F)ccc1OCc1cncc(C)c1. The van der Waals surface area contributed by atoms with Crippen LogP contribution in [0.3, 0.4) is 0 Å². The van der Waals surface area contributed by atoms with Crippen molar-refractivity contribution in [1.82, 2.24) is 10.3 Å². The summed E-state index contributed by atoms with van der Waals surface area (Å²) < 4.78 is 19.1. The zero-order valence-electron chi connectivity index (χ0n) is 11.8. The number of nitrogens with zero attached hydrogens (tertiary/aromatic N) is 1. The zero-order valence-corrected chi connectivity index (χ0v) is 11.8. The number of ether oxygens (including phenoxy) is 1. The lowest BCUT2D eigenvalue weighted by Gasteiger charge is -2.12. The van der Waals surface area contributed by atoms with Crippen molar-refractivity contribution in [2.75, 3.05) is 6.54 Å². The smallest absolute Gasteiger partial charge is 0.124 e. The second kappa shape index (κ2) is 7.01. The lowest BCUT2D eigenvalue weighted by Crippen LogP contribution is -2.13. The molecule has 0 spiro atoms. The van der Waals surface area contributed by atoms with Crippen LogP contribution in [0.5, 0.6) is 5.75 Å². The van der Waals surface area contributed by atoms with Gasteiger partial charge in [-0.2, -0.15) is 0 Å². The van der Waals surface area contributed by atoms with Crippen molar-refractivity contribution in [2.24, 2.45) is 0 Å². The molecule has 0 fully saturated rings. The van der Waals surface area contributed by atoms with Gasteiger partial charge in [0.05, 0.1) is 0 Å². The molecule has 2 aromatic rings. The van der Waals surface area contributed by atoms with E-state index in [9.17, 15) is 4.39 Å². The molecule has 106 valence electrons. The van der Waals surface area contributed by atoms with E-state index in [-0.39, 0.29) is 5.82 Å². The van der Waals surface area contributed by atoms with E-state index in [1.165, 1.54) is 12.1 Å². The average Bonchev–Trinajstić information content (AvgIpc) is 2.44. The molecule has 20 heavy (non-hydrogen) atoms. The lowest BCUT2D eigenvalue weighted by atomic mass is 10.2. The second-order valence-electron chi connectivity index (χ2n) is 4.69. The van der Waals surface area contributed by atoms with E-state index >= 15 is 0 Å². The van der Waals surface area contributed by atoms with Gasteiger partial charge >= 0.3 is 0 Å². The minimum atomic E-state index is -0.248. The van der Waals surface area contributed by atoms with Crippen LogP contribution in [-0.2, 0) is 13.2 Å². The predicted molar refractivity (Wildman–Crippen MR) is 77.1 cm³/mol. The van der Waals surface area contributed by atoms with Gasteiger partial charge in [0.25, 0.3) is 0 Å². The number of nitrogens with one attached hydrogen (secondary N) is 1. The summed E-state index contributed by atoms with van der Waals surface area (Å²) in [5.41, 5.74) is 2.93. The molecule has 0 unspecified atom stereocenters. The van der Waals surface area contributed by atoms with Crippen molar-refractivity contribution in [3.8, 4) is 5.75 Å². The van der Waals surface area contributed by atoms with Crippen LogP contribution >= 0.6 is 0 Å². The Morgan fingerprint density at radius 1 is 1.25 bits per heavy atom. The third-order valence-electron chi connectivity index (χ3n) is 2.91. The number of rotatable bonds is 6. The van der Waals surface area contributed by atoms with Gasteiger partial charge in [0, 0.05) is 30.1 Å². The van der Waals surface area contributed by atoms with Crippen LogP contribution in [0.1, 0.15) is 23.6 Å². The number of benzene rings is 1. The normalized spacial score (nSPS) is 10.6. The van der Waals surface area contributed by atoms with E-state index in [2.05, 4.69) is 10.3 Å². The van der Waals surface area contributed by atoms with Gasteiger partial charge in [0.2, 0.25) is 0 Å². The maximum Gasteiger partial charge on any atom is 0.124 e. The van der Waals surface area contributed by atoms with Crippen LogP contribution in [0.2, 0.25) is 0 Å². The Morgan fingerprint density at radius 2 is 2.10 bits per heavy atom. The Balaban J connectivity index is 2.08. The molecule has 0 atom stereocenters. The standard InChI is InChI=1S/C16H19FN2O/c1-3-18-10-14-7-15(17)4-5-16(14)20-11-13-6-12(2)8-19-9-13/h4-9,18H,3,10-11H2,1-2H3. The minimum Gasteiger partial charge on any atom is -0.489 e. The van der Waals surface area contributed by atoms with Crippen molar-refractivity contribution in [3.63, 3.8) is 0 Å². The van der Waals surface area contributed by atoms with Crippen LogP contribution in [-0.4, -0.2) is 11.5 Å². The molecule has 1 aromatic heterocycles.